The van der Waals surface area contributed by atoms with Crippen molar-refractivity contribution in [2.75, 3.05) is 11.8 Å². The average Bonchev–Trinajstić information content (AvgIpc) is 2.60. The largest absolute Gasteiger partial charge is 0.433 e. The molecule has 2 aromatic heterocycles. The summed E-state index contributed by atoms with van der Waals surface area (Å²) in [5, 5.41) is 1.00. The molecular formula is C17H13F3N4S. The summed E-state index contributed by atoms with van der Waals surface area (Å²) in [5.74, 6) is 0. The Morgan fingerprint density at radius 2 is 1.96 bits per heavy atom. The van der Waals surface area contributed by atoms with E-state index in [2.05, 4.69) is 14.7 Å². The van der Waals surface area contributed by atoms with Crippen LogP contribution in [0.2, 0.25) is 0 Å². The Morgan fingerprint density at radius 1 is 1.12 bits per heavy atom. The molecule has 4 rings (SSSR count). The monoisotopic (exact) mass is 362 g/mol. The minimum atomic E-state index is -4.44. The molecule has 1 atom stereocenters. The minimum absolute atomic E-state index is 0.220. The Morgan fingerprint density at radius 3 is 2.68 bits per heavy atom. The molecule has 0 spiro atoms. The van der Waals surface area contributed by atoms with Crippen molar-refractivity contribution in [3.8, 4) is 0 Å². The number of pyridine rings is 2. The van der Waals surface area contributed by atoms with Gasteiger partial charge in [0.2, 0.25) is 0 Å². The van der Waals surface area contributed by atoms with Crippen LogP contribution in [0.15, 0.2) is 48.8 Å². The maximum Gasteiger partial charge on any atom is 0.433 e. The quantitative estimate of drug-likeness (QED) is 0.638. The molecule has 0 amide bonds. The molecule has 0 saturated carbocycles. The lowest BCUT2D eigenvalue weighted by Crippen LogP contribution is -2.26. The van der Waals surface area contributed by atoms with Crippen LogP contribution in [-0.2, 0) is 6.18 Å². The van der Waals surface area contributed by atoms with Gasteiger partial charge in [0.05, 0.1) is 17.2 Å². The summed E-state index contributed by atoms with van der Waals surface area (Å²) in [4.78, 5) is 8.03. The first-order valence-corrected chi connectivity index (χ1v) is 8.29. The summed E-state index contributed by atoms with van der Waals surface area (Å²) in [6, 6.07) is 10.1. The predicted octanol–water partition coefficient (Wildman–Crippen LogP) is 4.66. The molecule has 0 bridgehead atoms. The van der Waals surface area contributed by atoms with Crippen LogP contribution in [0, 0.1) is 0 Å². The maximum atomic E-state index is 12.8. The van der Waals surface area contributed by atoms with Gasteiger partial charge >= 0.3 is 6.18 Å². The molecular weight excluding hydrogens is 349 g/mol. The van der Waals surface area contributed by atoms with Gasteiger partial charge in [-0.2, -0.15) is 13.2 Å². The maximum absolute atomic E-state index is 12.8. The molecule has 0 saturated heterocycles. The van der Waals surface area contributed by atoms with E-state index in [-0.39, 0.29) is 6.04 Å². The number of aromatic nitrogens is 2. The van der Waals surface area contributed by atoms with Crippen molar-refractivity contribution in [3.63, 3.8) is 0 Å². The van der Waals surface area contributed by atoms with Gasteiger partial charge in [-0.25, -0.2) is 4.31 Å². The number of alkyl halides is 3. The SMILES string of the molecule is CN1SNc2c(ccc3cccnc23)C1c1ccc(C(F)(F)F)nc1. The minimum Gasteiger partial charge on any atom is -0.314 e. The third-order valence-electron chi connectivity index (χ3n) is 4.15. The molecule has 128 valence electrons. The molecule has 0 aliphatic carbocycles. The second-order valence-corrected chi connectivity index (χ2v) is 6.68. The van der Waals surface area contributed by atoms with Gasteiger partial charge in [0.25, 0.3) is 0 Å². The van der Waals surface area contributed by atoms with E-state index in [0.717, 1.165) is 28.2 Å². The number of hydrogen-bond donors (Lipinski definition) is 1. The number of hydrogen-bond acceptors (Lipinski definition) is 5. The predicted molar refractivity (Wildman–Crippen MR) is 91.8 cm³/mol. The van der Waals surface area contributed by atoms with Crippen molar-refractivity contribution in [1.29, 1.82) is 0 Å². The summed E-state index contributed by atoms with van der Waals surface area (Å²) < 4.78 is 43.5. The van der Waals surface area contributed by atoms with E-state index in [0.29, 0.717) is 5.56 Å². The lowest BCUT2D eigenvalue weighted by Gasteiger charge is -2.34. The van der Waals surface area contributed by atoms with Crippen molar-refractivity contribution >= 4 is 28.7 Å². The van der Waals surface area contributed by atoms with Crippen LogP contribution in [0.25, 0.3) is 10.9 Å². The lowest BCUT2D eigenvalue weighted by atomic mass is 9.96. The van der Waals surface area contributed by atoms with Gasteiger partial charge in [0.1, 0.15) is 5.69 Å². The summed E-state index contributed by atoms with van der Waals surface area (Å²) >= 11 is 1.38. The normalized spacial score (nSPS) is 18.0. The topological polar surface area (TPSA) is 41.0 Å². The van der Waals surface area contributed by atoms with Crippen LogP contribution in [0.4, 0.5) is 18.9 Å². The Labute approximate surface area is 146 Å². The number of benzene rings is 1. The molecule has 0 fully saturated rings. The second-order valence-electron chi connectivity index (χ2n) is 5.72. The first kappa shape index (κ1) is 16.2. The zero-order chi connectivity index (χ0) is 17.6. The van der Waals surface area contributed by atoms with Crippen LogP contribution in [-0.4, -0.2) is 21.3 Å². The number of anilines is 1. The van der Waals surface area contributed by atoms with Gasteiger partial charge < -0.3 is 4.72 Å². The molecule has 4 nitrogen and oxygen atoms in total. The first-order valence-electron chi connectivity index (χ1n) is 7.52. The van der Waals surface area contributed by atoms with E-state index in [1.165, 1.54) is 24.4 Å². The van der Waals surface area contributed by atoms with E-state index in [9.17, 15) is 13.2 Å². The molecule has 1 aliphatic heterocycles. The Hall–Kier alpha value is -2.32. The number of fused-ring (bicyclic) bond motifs is 3. The fourth-order valence-corrected chi connectivity index (χ4v) is 3.78. The number of nitrogens with zero attached hydrogens (tertiary/aromatic N) is 3. The van der Waals surface area contributed by atoms with E-state index in [4.69, 9.17) is 0 Å². The summed E-state index contributed by atoms with van der Waals surface area (Å²) in [7, 11) is 1.88. The number of rotatable bonds is 1. The average molecular weight is 362 g/mol. The first-order chi connectivity index (χ1) is 11.9. The molecule has 1 aliphatic rings. The fraction of sp³-hybridized carbons (Fsp3) is 0.176. The summed E-state index contributed by atoms with van der Waals surface area (Å²) in [5.41, 5.74) is 2.48. The van der Waals surface area contributed by atoms with Crippen LogP contribution in [0.3, 0.4) is 0 Å². The van der Waals surface area contributed by atoms with Gasteiger partial charge in [-0.1, -0.05) is 24.3 Å². The zero-order valence-electron chi connectivity index (χ0n) is 13.1. The van der Waals surface area contributed by atoms with Crippen molar-refractivity contribution in [1.82, 2.24) is 14.3 Å². The van der Waals surface area contributed by atoms with Gasteiger partial charge in [-0.3, -0.25) is 9.97 Å². The molecule has 1 N–H and O–H groups in total. The molecule has 1 unspecified atom stereocenters. The zero-order valence-corrected chi connectivity index (χ0v) is 13.9. The summed E-state index contributed by atoms with van der Waals surface area (Å²) in [6.07, 6.45) is -1.42. The smallest absolute Gasteiger partial charge is 0.314 e. The highest BCUT2D eigenvalue weighted by atomic mass is 32.2. The van der Waals surface area contributed by atoms with E-state index < -0.39 is 11.9 Å². The van der Waals surface area contributed by atoms with Gasteiger partial charge in [-0.05, 0) is 17.7 Å². The molecule has 3 aromatic rings. The lowest BCUT2D eigenvalue weighted by molar-refractivity contribution is -0.141. The van der Waals surface area contributed by atoms with E-state index >= 15 is 0 Å². The molecule has 25 heavy (non-hydrogen) atoms. The Balaban J connectivity index is 1.82. The van der Waals surface area contributed by atoms with E-state index in [1.807, 2.05) is 35.6 Å². The van der Waals surface area contributed by atoms with Crippen molar-refractivity contribution in [2.24, 2.45) is 0 Å². The Kier molecular flexibility index (Phi) is 3.81. The molecule has 3 heterocycles. The van der Waals surface area contributed by atoms with Gasteiger partial charge in [0, 0.05) is 42.5 Å². The summed E-state index contributed by atoms with van der Waals surface area (Å²) in [6.45, 7) is 0. The third kappa shape index (κ3) is 2.81. The highest BCUT2D eigenvalue weighted by Crippen LogP contribution is 2.44. The Bertz CT molecular complexity index is 927. The van der Waals surface area contributed by atoms with Crippen molar-refractivity contribution in [2.45, 2.75) is 12.2 Å². The molecule has 1 aromatic carbocycles. The highest BCUT2D eigenvalue weighted by Gasteiger charge is 2.34. The van der Waals surface area contributed by atoms with Crippen molar-refractivity contribution in [3.05, 3.63) is 65.6 Å². The van der Waals surface area contributed by atoms with E-state index in [1.54, 1.807) is 6.20 Å². The van der Waals surface area contributed by atoms with Crippen LogP contribution < -0.4 is 4.72 Å². The van der Waals surface area contributed by atoms with Crippen LogP contribution >= 0.6 is 12.1 Å². The van der Waals surface area contributed by atoms with Gasteiger partial charge in [0.15, 0.2) is 0 Å². The standard InChI is InChI=1S/C17H13F3N4S/c1-24-16(11-5-7-13(22-9-11)17(18,19)20)12-6-4-10-3-2-8-21-14(10)15(12)23-25-24/h2-9,16,23H,1H3. The number of halogens is 3. The highest BCUT2D eigenvalue weighted by molar-refractivity contribution is 7.98. The number of nitrogens with one attached hydrogen (secondary N) is 1. The van der Waals surface area contributed by atoms with Gasteiger partial charge in [-0.15, -0.1) is 0 Å². The fourth-order valence-electron chi connectivity index (χ4n) is 2.99. The molecule has 0 radical (unpaired) electrons. The molecule has 8 heteroatoms. The third-order valence-corrected chi connectivity index (χ3v) is 4.94. The second kappa shape index (κ2) is 5.89. The van der Waals surface area contributed by atoms with Crippen LogP contribution in [0.1, 0.15) is 22.9 Å². The van der Waals surface area contributed by atoms with Crippen LogP contribution in [0.5, 0.6) is 0 Å². The van der Waals surface area contributed by atoms with Crippen molar-refractivity contribution < 1.29 is 13.2 Å².